The number of carbonyl (C=O) groups is 1. The Morgan fingerprint density at radius 3 is 2.88 bits per heavy atom. The molecule has 0 bridgehead atoms. The summed E-state index contributed by atoms with van der Waals surface area (Å²) in [4.78, 5) is 10.7. The zero-order valence-electron chi connectivity index (χ0n) is 20.9. The van der Waals surface area contributed by atoms with Gasteiger partial charge < -0.3 is 19.3 Å². The van der Waals surface area contributed by atoms with Gasteiger partial charge in [-0.2, -0.15) is 0 Å². The Kier molecular flexibility index (Phi) is 9.54. The molecule has 0 radical (unpaired) electrons. The number of aliphatic hydroxyl groups is 1. The van der Waals surface area contributed by atoms with Crippen molar-refractivity contribution in [2.24, 2.45) is 17.8 Å². The molecule has 2 fully saturated rings. The minimum Gasteiger partial charge on any atom is -0.464 e. The van der Waals surface area contributed by atoms with Crippen LogP contribution < -0.4 is 0 Å². The van der Waals surface area contributed by atoms with E-state index in [-0.39, 0.29) is 30.3 Å². The number of aliphatic hydroxyl groups excluding tert-OH is 1. The number of hydrogen-bond acceptors (Lipinski definition) is 5. The number of carbonyl (C=O) groups excluding carboxylic acids is 1. The van der Waals surface area contributed by atoms with Crippen LogP contribution in [0.15, 0.2) is 47.1 Å². The number of fused-ring (bicyclic) bond motifs is 1. The second kappa shape index (κ2) is 12.1. The van der Waals surface area contributed by atoms with Gasteiger partial charge >= 0.3 is 0 Å². The second-order valence-corrected chi connectivity index (χ2v) is 10.1. The van der Waals surface area contributed by atoms with Crippen LogP contribution in [-0.2, 0) is 19.0 Å². The summed E-state index contributed by atoms with van der Waals surface area (Å²) in [6, 6.07) is 0. The number of rotatable bonds is 9. The number of allylic oxidation sites excluding steroid dienone is 5. The summed E-state index contributed by atoms with van der Waals surface area (Å²) in [7, 11) is 0. The molecule has 1 N–H and O–H groups in total. The molecule has 0 saturated carbocycles. The fourth-order valence-electron chi connectivity index (χ4n) is 5.69. The van der Waals surface area contributed by atoms with Gasteiger partial charge in [0.05, 0.1) is 24.9 Å². The first kappa shape index (κ1) is 25.9. The maximum atomic E-state index is 10.7. The van der Waals surface area contributed by atoms with Crippen LogP contribution in [0.25, 0.3) is 0 Å². The Morgan fingerprint density at radius 1 is 1.36 bits per heavy atom. The van der Waals surface area contributed by atoms with E-state index in [0.717, 1.165) is 37.7 Å². The van der Waals surface area contributed by atoms with Crippen LogP contribution in [0.4, 0.5) is 0 Å². The summed E-state index contributed by atoms with van der Waals surface area (Å²) in [5.41, 5.74) is 3.69. The molecule has 0 amide bonds. The van der Waals surface area contributed by atoms with Gasteiger partial charge in [-0.25, -0.2) is 0 Å². The van der Waals surface area contributed by atoms with Crippen LogP contribution >= 0.6 is 0 Å². The third-order valence-electron chi connectivity index (χ3n) is 7.67. The molecule has 8 atom stereocenters. The quantitative estimate of drug-likeness (QED) is 0.375. The third kappa shape index (κ3) is 6.68. The van der Waals surface area contributed by atoms with Crippen LogP contribution in [0.3, 0.4) is 0 Å². The first-order valence-corrected chi connectivity index (χ1v) is 12.6. The van der Waals surface area contributed by atoms with E-state index in [1.54, 1.807) is 0 Å². The standard InChI is InChI=1S/C28H42O5/c1-6-25(19(3)10-12-23-15-24(32-17-29)14-21(5)33-23)18(2)8-7-9-22-16-31-28-26(22)13-11-20(4)27(28)30/h7-11,17-18,21,23-28,30H,6,12-16H2,1-5H3/b8-7+,19-10+,22-9+/t18-,21?,23?,24?,25-,26?,27?,28?/m0/s1. The highest BCUT2D eigenvalue weighted by molar-refractivity contribution is 5.37. The average Bonchev–Trinajstić information content (AvgIpc) is 3.19. The molecule has 1 aliphatic carbocycles. The Balaban J connectivity index is 1.56. The molecule has 3 aliphatic rings. The van der Waals surface area contributed by atoms with Gasteiger partial charge in [-0.1, -0.05) is 49.8 Å². The van der Waals surface area contributed by atoms with Gasteiger partial charge in [0.2, 0.25) is 0 Å². The Labute approximate surface area is 199 Å². The minimum atomic E-state index is -0.480. The Hall–Kier alpha value is -1.69. The van der Waals surface area contributed by atoms with Crippen molar-refractivity contribution in [2.75, 3.05) is 6.61 Å². The van der Waals surface area contributed by atoms with Gasteiger partial charge in [0.15, 0.2) is 0 Å². The van der Waals surface area contributed by atoms with Crippen molar-refractivity contribution in [2.45, 2.75) is 97.2 Å². The van der Waals surface area contributed by atoms with E-state index in [2.05, 4.69) is 51.2 Å². The van der Waals surface area contributed by atoms with Crippen LogP contribution in [0.2, 0.25) is 0 Å². The van der Waals surface area contributed by atoms with Gasteiger partial charge in [-0.3, -0.25) is 4.79 Å². The first-order chi connectivity index (χ1) is 15.8. The molecule has 2 aliphatic heterocycles. The van der Waals surface area contributed by atoms with Crippen LogP contribution in [-0.4, -0.2) is 48.7 Å². The van der Waals surface area contributed by atoms with Crippen molar-refractivity contribution in [1.29, 1.82) is 0 Å². The van der Waals surface area contributed by atoms with Crippen LogP contribution in [0.1, 0.15) is 66.7 Å². The molecule has 0 aromatic carbocycles. The van der Waals surface area contributed by atoms with Gasteiger partial charge in [0.1, 0.15) is 12.2 Å². The topological polar surface area (TPSA) is 65.0 Å². The van der Waals surface area contributed by atoms with Crippen molar-refractivity contribution in [1.82, 2.24) is 0 Å². The van der Waals surface area contributed by atoms with Crippen molar-refractivity contribution in [3.8, 4) is 0 Å². The van der Waals surface area contributed by atoms with E-state index in [4.69, 9.17) is 14.2 Å². The molecule has 5 heteroatoms. The predicted molar refractivity (Wildman–Crippen MR) is 131 cm³/mol. The maximum absolute atomic E-state index is 10.7. The molecule has 0 spiro atoms. The van der Waals surface area contributed by atoms with E-state index in [1.807, 2.05) is 13.8 Å². The molecule has 2 saturated heterocycles. The summed E-state index contributed by atoms with van der Waals surface area (Å²) in [6.45, 7) is 11.9. The summed E-state index contributed by atoms with van der Waals surface area (Å²) >= 11 is 0. The molecule has 6 unspecified atom stereocenters. The summed E-state index contributed by atoms with van der Waals surface area (Å²) in [5, 5.41) is 10.4. The smallest absolute Gasteiger partial charge is 0.293 e. The van der Waals surface area contributed by atoms with Gasteiger partial charge in [-0.15, -0.1) is 0 Å². The number of hydrogen-bond donors (Lipinski definition) is 1. The highest BCUT2D eigenvalue weighted by atomic mass is 16.5. The molecule has 2 heterocycles. The van der Waals surface area contributed by atoms with E-state index in [9.17, 15) is 9.90 Å². The third-order valence-corrected chi connectivity index (χ3v) is 7.67. The largest absolute Gasteiger partial charge is 0.464 e. The normalized spacial score (nSPS) is 35.9. The van der Waals surface area contributed by atoms with E-state index in [1.165, 1.54) is 11.1 Å². The molecule has 0 aromatic rings. The van der Waals surface area contributed by atoms with Gasteiger partial charge in [0.25, 0.3) is 6.47 Å². The zero-order valence-corrected chi connectivity index (χ0v) is 20.9. The van der Waals surface area contributed by atoms with Gasteiger partial charge in [0, 0.05) is 18.8 Å². The highest BCUT2D eigenvalue weighted by Gasteiger charge is 2.39. The summed E-state index contributed by atoms with van der Waals surface area (Å²) in [5.74, 6) is 1.17. The van der Waals surface area contributed by atoms with Crippen LogP contribution in [0, 0.1) is 17.8 Å². The van der Waals surface area contributed by atoms with E-state index in [0.29, 0.717) is 24.9 Å². The first-order valence-electron chi connectivity index (χ1n) is 12.6. The lowest BCUT2D eigenvalue weighted by molar-refractivity contribution is -0.145. The lowest BCUT2D eigenvalue weighted by atomic mass is 9.82. The van der Waals surface area contributed by atoms with E-state index >= 15 is 0 Å². The number of ether oxygens (including phenoxy) is 3. The molecule has 5 nitrogen and oxygen atoms in total. The average molecular weight is 459 g/mol. The molecular formula is C28H42O5. The lowest BCUT2D eigenvalue weighted by Gasteiger charge is -2.32. The SMILES string of the molecule is CC[C@H](/C(C)=C/CC1CC(OC=O)CC(C)O1)[C@@H](C)/C=C/C=C1\COC2C(O)C(C)=CCC12. The van der Waals surface area contributed by atoms with E-state index < -0.39 is 6.10 Å². The molecule has 3 rings (SSSR count). The molecule has 184 valence electrons. The second-order valence-electron chi connectivity index (χ2n) is 10.1. The highest BCUT2D eigenvalue weighted by Crippen LogP contribution is 2.37. The fraction of sp³-hybridized carbons (Fsp3) is 0.679. The van der Waals surface area contributed by atoms with Crippen molar-refractivity contribution < 1.29 is 24.1 Å². The van der Waals surface area contributed by atoms with Crippen molar-refractivity contribution in [3.05, 3.63) is 47.1 Å². The summed E-state index contributed by atoms with van der Waals surface area (Å²) < 4.78 is 17.2. The minimum absolute atomic E-state index is 0.0364. The maximum Gasteiger partial charge on any atom is 0.293 e. The Bertz CT molecular complexity index is 779. The lowest BCUT2D eigenvalue weighted by Crippen LogP contribution is -2.35. The molecule has 0 aromatic heterocycles. The predicted octanol–water partition coefficient (Wildman–Crippen LogP) is 5.30. The van der Waals surface area contributed by atoms with Gasteiger partial charge in [-0.05, 0) is 63.0 Å². The summed E-state index contributed by atoms with van der Waals surface area (Å²) in [6.07, 6.45) is 15.1. The Morgan fingerprint density at radius 2 is 2.15 bits per heavy atom. The molecular weight excluding hydrogens is 416 g/mol. The monoisotopic (exact) mass is 458 g/mol. The van der Waals surface area contributed by atoms with Crippen molar-refractivity contribution >= 4 is 6.47 Å². The zero-order chi connectivity index (χ0) is 24.0. The molecule has 33 heavy (non-hydrogen) atoms. The van der Waals surface area contributed by atoms with Crippen molar-refractivity contribution in [3.63, 3.8) is 0 Å². The van der Waals surface area contributed by atoms with Crippen LogP contribution in [0.5, 0.6) is 0 Å². The fourth-order valence-corrected chi connectivity index (χ4v) is 5.69.